The highest BCUT2D eigenvalue weighted by atomic mass is 15.1. The van der Waals surface area contributed by atoms with Crippen molar-refractivity contribution in [3.8, 4) is 11.3 Å². The minimum absolute atomic E-state index is 0.640. The Morgan fingerprint density at radius 1 is 1.22 bits per heavy atom. The van der Waals surface area contributed by atoms with Crippen LogP contribution in [0.1, 0.15) is 5.56 Å². The van der Waals surface area contributed by atoms with Crippen molar-refractivity contribution in [3.05, 3.63) is 42.2 Å². The summed E-state index contributed by atoms with van der Waals surface area (Å²) in [5, 5.41) is 4.15. The topological polar surface area (TPSA) is 53.6 Å². The summed E-state index contributed by atoms with van der Waals surface area (Å²) in [6.45, 7) is 2.02. The first-order chi connectivity index (χ1) is 8.79. The molecule has 4 heteroatoms. The lowest BCUT2D eigenvalue weighted by atomic mass is 10.1. The van der Waals surface area contributed by atoms with Crippen LogP contribution in [-0.4, -0.2) is 22.0 Å². The van der Waals surface area contributed by atoms with E-state index in [9.17, 15) is 0 Å². The number of nitrogens with zero attached hydrogens (tertiary/aromatic N) is 2. The lowest BCUT2D eigenvalue weighted by Gasteiger charge is -2.05. The number of aromatic amines is 1. The van der Waals surface area contributed by atoms with Crippen LogP contribution in [0.3, 0.4) is 0 Å². The van der Waals surface area contributed by atoms with Crippen LogP contribution in [0, 0.1) is 6.92 Å². The van der Waals surface area contributed by atoms with E-state index in [1.807, 2.05) is 38.5 Å². The third-order valence-electron chi connectivity index (χ3n) is 3.04. The predicted molar refractivity (Wildman–Crippen MR) is 73.6 cm³/mol. The molecule has 2 heterocycles. The average molecular weight is 238 g/mol. The van der Waals surface area contributed by atoms with Crippen LogP contribution in [0.15, 0.2) is 36.7 Å². The maximum atomic E-state index is 4.54. The number of hydrogen-bond donors (Lipinski definition) is 2. The first kappa shape index (κ1) is 10.8. The Hall–Kier alpha value is -2.36. The van der Waals surface area contributed by atoms with Gasteiger partial charge in [-0.2, -0.15) is 0 Å². The molecule has 2 N–H and O–H groups in total. The van der Waals surface area contributed by atoms with E-state index in [1.54, 1.807) is 0 Å². The number of hydrogen-bond acceptors (Lipinski definition) is 3. The molecule has 0 radical (unpaired) electrons. The second-order valence-corrected chi connectivity index (χ2v) is 4.22. The largest absolute Gasteiger partial charge is 0.360 e. The molecule has 1 aromatic carbocycles. The van der Waals surface area contributed by atoms with Crippen molar-refractivity contribution in [2.24, 2.45) is 0 Å². The number of aromatic nitrogens is 3. The summed E-state index contributed by atoms with van der Waals surface area (Å²) >= 11 is 0. The van der Waals surface area contributed by atoms with Crippen LogP contribution in [0.2, 0.25) is 0 Å². The van der Waals surface area contributed by atoms with Crippen molar-refractivity contribution >= 4 is 16.9 Å². The zero-order chi connectivity index (χ0) is 12.5. The van der Waals surface area contributed by atoms with E-state index in [4.69, 9.17) is 0 Å². The van der Waals surface area contributed by atoms with Crippen molar-refractivity contribution in [2.45, 2.75) is 6.92 Å². The summed E-state index contributed by atoms with van der Waals surface area (Å²) in [5.74, 6) is 0.640. The third kappa shape index (κ3) is 1.62. The number of para-hydroxylation sites is 1. The van der Waals surface area contributed by atoms with Gasteiger partial charge in [0.2, 0.25) is 5.95 Å². The van der Waals surface area contributed by atoms with Gasteiger partial charge in [0.1, 0.15) is 0 Å². The van der Waals surface area contributed by atoms with Crippen molar-refractivity contribution in [1.82, 2.24) is 15.0 Å². The van der Waals surface area contributed by atoms with E-state index < -0.39 is 0 Å². The molecule has 0 aliphatic heterocycles. The molecule has 0 aliphatic rings. The van der Waals surface area contributed by atoms with Crippen molar-refractivity contribution < 1.29 is 0 Å². The van der Waals surface area contributed by atoms with E-state index in [0.717, 1.165) is 22.3 Å². The number of fused-ring (bicyclic) bond motifs is 1. The van der Waals surface area contributed by atoms with Gasteiger partial charge in [-0.3, -0.25) is 0 Å². The second-order valence-electron chi connectivity index (χ2n) is 4.22. The zero-order valence-corrected chi connectivity index (χ0v) is 10.4. The minimum atomic E-state index is 0.640. The molecule has 3 aromatic rings. The summed E-state index contributed by atoms with van der Waals surface area (Å²) in [6.07, 6.45) is 3.84. The van der Waals surface area contributed by atoms with Crippen molar-refractivity contribution in [2.75, 3.05) is 12.4 Å². The first-order valence-corrected chi connectivity index (χ1v) is 5.87. The van der Waals surface area contributed by atoms with Crippen LogP contribution in [0.4, 0.5) is 5.95 Å². The van der Waals surface area contributed by atoms with Gasteiger partial charge in [-0.25, -0.2) is 9.97 Å². The smallest absolute Gasteiger partial charge is 0.222 e. The Bertz CT molecular complexity index is 700. The number of aryl methyl sites for hydroxylation is 1. The maximum absolute atomic E-state index is 4.54. The first-order valence-electron chi connectivity index (χ1n) is 5.87. The zero-order valence-electron chi connectivity index (χ0n) is 10.4. The molecule has 0 spiro atoms. The van der Waals surface area contributed by atoms with E-state index >= 15 is 0 Å². The van der Waals surface area contributed by atoms with Gasteiger partial charge in [0.05, 0.1) is 5.69 Å². The molecule has 18 heavy (non-hydrogen) atoms. The Morgan fingerprint density at radius 3 is 2.89 bits per heavy atom. The number of anilines is 1. The van der Waals surface area contributed by atoms with E-state index in [0.29, 0.717) is 5.95 Å². The second kappa shape index (κ2) is 4.14. The van der Waals surface area contributed by atoms with Crippen molar-refractivity contribution in [1.29, 1.82) is 0 Å². The van der Waals surface area contributed by atoms with Crippen LogP contribution in [0.5, 0.6) is 0 Å². The minimum Gasteiger partial charge on any atom is -0.360 e. The Labute approximate surface area is 105 Å². The molecule has 0 amide bonds. The van der Waals surface area contributed by atoms with Gasteiger partial charge in [0, 0.05) is 35.9 Å². The molecule has 0 atom stereocenters. The molecule has 3 rings (SSSR count). The summed E-state index contributed by atoms with van der Waals surface area (Å²) in [7, 11) is 1.82. The predicted octanol–water partition coefficient (Wildman–Crippen LogP) is 2.98. The number of benzene rings is 1. The molecule has 90 valence electrons. The molecule has 0 saturated carbocycles. The lowest BCUT2D eigenvalue weighted by Crippen LogP contribution is -1.98. The fourth-order valence-corrected chi connectivity index (χ4v) is 2.10. The average Bonchev–Trinajstić information content (AvgIpc) is 2.83. The van der Waals surface area contributed by atoms with Gasteiger partial charge in [-0.05, 0) is 18.6 Å². The fourth-order valence-electron chi connectivity index (χ4n) is 2.10. The molecule has 2 aromatic heterocycles. The summed E-state index contributed by atoms with van der Waals surface area (Å²) in [5.41, 5.74) is 4.27. The highest BCUT2D eigenvalue weighted by molar-refractivity contribution is 5.95. The SMILES string of the molecule is CNc1ncc(C)c(-c2c[nH]c3ccccc23)n1. The summed E-state index contributed by atoms with van der Waals surface area (Å²) < 4.78 is 0. The van der Waals surface area contributed by atoms with Gasteiger partial charge in [0.15, 0.2) is 0 Å². The third-order valence-corrected chi connectivity index (χ3v) is 3.04. The maximum Gasteiger partial charge on any atom is 0.222 e. The molecule has 0 bridgehead atoms. The number of nitrogens with one attached hydrogen (secondary N) is 2. The van der Waals surface area contributed by atoms with Crippen LogP contribution in [0.25, 0.3) is 22.2 Å². The molecule has 0 fully saturated rings. The summed E-state index contributed by atoms with van der Waals surface area (Å²) in [6, 6.07) is 8.22. The summed E-state index contributed by atoms with van der Waals surface area (Å²) in [4.78, 5) is 12.0. The van der Waals surface area contributed by atoms with Gasteiger partial charge in [-0.15, -0.1) is 0 Å². The molecule has 0 aliphatic carbocycles. The Balaban J connectivity index is 2.25. The number of rotatable bonds is 2. The highest BCUT2D eigenvalue weighted by Gasteiger charge is 2.10. The standard InChI is InChI=1S/C14H14N4/c1-9-7-17-14(15-2)18-13(9)11-8-16-12-6-4-3-5-10(11)12/h3-8,16H,1-2H3,(H,15,17,18). The van der Waals surface area contributed by atoms with Gasteiger partial charge in [-0.1, -0.05) is 18.2 Å². The normalized spacial score (nSPS) is 10.8. The van der Waals surface area contributed by atoms with Crippen LogP contribution < -0.4 is 5.32 Å². The van der Waals surface area contributed by atoms with Crippen LogP contribution in [-0.2, 0) is 0 Å². The molecule has 4 nitrogen and oxygen atoms in total. The number of H-pyrrole nitrogens is 1. The van der Waals surface area contributed by atoms with E-state index in [1.165, 1.54) is 5.39 Å². The quantitative estimate of drug-likeness (QED) is 0.721. The van der Waals surface area contributed by atoms with Crippen molar-refractivity contribution in [3.63, 3.8) is 0 Å². The van der Waals surface area contributed by atoms with Gasteiger partial charge in [0.25, 0.3) is 0 Å². The van der Waals surface area contributed by atoms with Gasteiger partial charge < -0.3 is 10.3 Å². The monoisotopic (exact) mass is 238 g/mol. The van der Waals surface area contributed by atoms with Crippen LogP contribution >= 0.6 is 0 Å². The van der Waals surface area contributed by atoms with E-state index in [-0.39, 0.29) is 0 Å². The highest BCUT2D eigenvalue weighted by Crippen LogP contribution is 2.29. The molecule has 0 saturated heterocycles. The van der Waals surface area contributed by atoms with E-state index in [2.05, 4.69) is 32.4 Å². The Kier molecular flexibility index (Phi) is 2.48. The molecular formula is C14H14N4. The Morgan fingerprint density at radius 2 is 2.06 bits per heavy atom. The molecular weight excluding hydrogens is 224 g/mol. The van der Waals surface area contributed by atoms with Gasteiger partial charge >= 0.3 is 0 Å². The fraction of sp³-hybridized carbons (Fsp3) is 0.143. The molecule has 0 unspecified atom stereocenters. The lowest BCUT2D eigenvalue weighted by molar-refractivity contribution is 1.12.